The summed E-state index contributed by atoms with van der Waals surface area (Å²) in [7, 11) is 0. The van der Waals surface area contributed by atoms with Gasteiger partial charge in [0.15, 0.2) is 0 Å². The highest BCUT2D eigenvalue weighted by molar-refractivity contribution is 5.64. The van der Waals surface area contributed by atoms with Crippen LogP contribution in [0.25, 0.3) is 11.1 Å². The highest BCUT2D eigenvalue weighted by Crippen LogP contribution is 2.23. The molecule has 0 atom stereocenters. The molecule has 0 saturated heterocycles. The maximum absolute atomic E-state index is 5.67. The van der Waals surface area contributed by atoms with E-state index in [2.05, 4.69) is 31.2 Å². The Morgan fingerprint density at radius 2 is 1.65 bits per heavy atom. The molecule has 0 saturated carbocycles. The Labute approximate surface area is 103 Å². The van der Waals surface area contributed by atoms with E-state index >= 15 is 0 Å². The quantitative estimate of drug-likeness (QED) is 0.687. The van der Waals surface area contributed by atoms with Crippen molar-refractivity contribution in [2.24, 2.45) is 0 Å². The van der Waals surface area contributed by atoms with E-state index in [0.29, 0.717) is 0 Å². The molecule has 0 aromatic heterocycles. The Hall–Kier alpha value is -1.76. The second-order valence-electron chi connectivity index (χ2n) is 3.95. The van der Waals surface area contributed by atoms with Crippen molar-refractivity contribution in [3.63, 3.8) is 0 Å². The Morgan fingerprint density at radius 1 is 0.882 bits per heavy atom. The average molecular weight is 225 g/mol. The SMILES string of the molecule is [CH2]CCCOc1cccc(-c2ccccc2)c1. The van der Waals surface area contributed by atoms with Gasteiger partial charge in [0.05, 0.1) is 6.61 Å². The van der Waals surface area contributed by atoms with Crippen molar-refractivity contribution in [3.05, 3.63) is 61.5 Å². The molecule has 0 heterocycles. The van der Waals surface area contributed by atoms with E-state index < -0.39 is 0 Å². The third-order valence-electron chi connectivity index (χ3n) is 2.60. The molecule has 0 aliphatic carbocycles. The summed E-state index contributed by atoms with van der Waals surface area (Å²) in [5, 5.41) is 0. The van der Waals surface area contributed by atoms with E-state index in [9.17, 15) is 0 Å². The van der Waals surface area contributed by atoms with E-state index in [4.69, 9.17) is 4.74 Å². The summed E-state index contributed by atoms with van der Waals surface area (Å²) in [4.78, 5) is 0. The summed E-state index contributed by atoms with van der Waals surface area (Å²) >= 11 is 0. The average Bonchev–Trinajstić information content (AvgIpc) is 2.41. The molecule has 0 unspecified atom stereocenters. The van der Waals surface area contributed by atoms with Crippen LogP contribution in [-0.4, -0.2) is 6.61 Å². The third kappa shape index (κ3) is 3.35. The Morgan fingerprint density at radius 3 is 2.41 bits per heavy atom. The van der Waals surface area contributed by atoms with Gasteiger partial charge in [-0.05, 0) is 29.7 Å². The normalized spacial score (nSPS) is 10.2. The van der Waals surface area contributed by atoms with Crippen molar-refractivity contribution >= 4 is 0 Å². The predicted molar refractivity (Wildman–Crippen MR) is 72.0 cm³/mol. The molecule has 2 aromatic carbocycles. The van der Waals surface area contributed by atoms with E-state index in [1.165, 1.54) is 11.1 Å². The molecule has 0 fully saturated rings. The van der Waals surface area contributed by atoms with Gasteiger partial charge in [-0.1, -0.05) is 55.8 Å². The van der Waals surface area contributed by atoms with Crippen LogP contribution in [0.5, 0.6) is 5.75 Å². The van der Waals surface area contributed by atoms with Crippen LogP contribution in [0, 0.1) is 6.92 Å². The second kappa shape index (κ2) is 6.09. The first kappa shape index (κ1) is 11.7. The Kier molecular flexibility index (Phi) is 4.20. The molecule has 0 aliphatic heterocycles. The van der Waals surface area contributed by atoms with Gasteiger partial charge < -0.3 is 4.74 Å². The molecule has 0 spiro atoms. The van der Waals surface area contributed by atoms with Crippen molar-refractivity contribution in [1.82, 2.24) is 0 Å². The maximum atomic E-state index is 5.67. The molecule has 1 heteroatoms. The standard InChI is InChI=1S/C16H17O/c1-2-3-12-17-16-11-7-10-15(13-16)14-8-5-4-6-9-14/h4-11,13H,1-3,12H2. The zero-order valence-corrected chi connectivity index (χ0v) is 9.93. The number of benzene rings is 2. The monoisotopic (exact) mass is 225 g/mol. The van der Waals surface area contributed by atoms with Gasteiger partial charge in [-0.3, -0.25) is 0 Å². The number of ether oxygens (including phenoxy) is 1. The fraction of sp³-hybridized carbons (Fsp3) is 0.188. The maximum Gasteiger partial charge on any atom is 0.119 e. The number of rotatable bonds is 5. The summed E-state index contributed by atoms with van der Waals surface area (Å²) in [6.45, 7) is 4.54. The van der Waals surface area contributed by atoms with E-state index in [1.807, 2.05) is 30.3 Å². The van der Waals surface area contributed by atoms with Gasteiger partial charge in [-0.15, -0.1) is 0 Å². The van der Waals surface area contributed by atoms with Gasteiger partial charge >= 0.3 is 0 Å². The largest absolute Gasteiger partial charge is 0.494 e. The summed E-state index contributed by atoms with van der Waals surface area (Å²) < 4.78 is 5.67. The van der Waals surface area contributed by atoms with E-state index in [1.54, 1.807) is 0 Å². The number of unbranched alkanes of at least 4 members (excludes halogenated alkanes) is 1. The van der Waals surface area contributed by atoms with E-state index in [0.717, 1.165) is 25.2 Å². The molecule has 87 valence electrons. The van der Waals surface area contributed by atoms with Crippen LogP contribution in [0.1, 0.15) is 12.8 Å². The van der Waals surface area contributed by atoms with Crippen molar-refractivity contribution in [3.8, 4) is 16.9 Å². The molecule has 0 aliphatic rings. The molecule has 17 heavy (non-hydrogen) atoms. The van der Waals surface area contributed by atoms with Crippen LogP contribution < -0.4 is 4.74 Å². The van der Waals surface area contributed by atoms with Gasteiger partial charge in [0.2, 0.25) is 0 Å². The van der Waals surface area contributed by atoms with Crippen molar-refractivity contribution in [2.75, 3.05) is 6.61 Å². The van der Waals surface area contributed by atoms with Gasteiger partial charge in [0.25, 0.3) is 0 Å². The molecule has 0 N–H and O–H groups in total. The van der Waals surface area contributed by atoms with Gasteiger partial charge in [0, 0.05) is 0 Å². The minimum atomic E-state index is 0.738. The van der Waals surface area contributed by atoms with Gasteiger partial charge in [-0.25, -0.2) is 0 Å². The third-order valence-corrected chi connectivity index (χ3v) is 2.60. The minimum Gasteiger partial charge on any atom is -0.494 e. The second-order valence-corrected chi connectivity index (χ2v) is 3.95. The van der Waals surface area contributed by atoms with Gasteiger partial charge in [0.1, 0.15) is 5.75 Å². The van der Waals surface area contributed by atoms with Crippen LogP contribution in [-0.2, 0) is 0 Å². The lowest BCUT2D eigenvalue weighted by Gasteiger charge is -2.07. The molecular formula is C16H17O. The van der Waals surface area contributed by atoms with E-state index in [-0.39, 0.29) is 0 Å². The highest BCUT2D eigenvalue weighted by atomic mass is 16.5. The molecular weight excluding hydrogens is 208 g/mol. The molecule has 1 nitrogen and oxygen atoms in total. The highest BCUT2D eigenvalue weighted by Gasteiger charge is 1.99. The first-order valence-corrected chi connectivity index (χ1v) is 5.97. The van der Waals surface area contributed by atoms with Crippen molar-refractivity contribution in [1.29, 1.82) is 0 Å². The molecule has 2 rings (SSSR count). The topological polar surface area (TPSA) is 9.23 Å². The predicted octanol–water partition coefficient (Wildman–Crippen LogP) is 4.35. The first-order valence-electron chi connectivity index (χ1n) is 5.97. The van der Waals surface area contributed by atoms with Crippen LogP contribution in [0.15, 0.2) is 54.6 Å². The summed E-state index contributed by atoms with van der Waals surface area (Å²) in [5.74, 6) is 0.930. The fourth-order valence-corrected chi connectivity index (χ4v) is 1.69. The number of hydrogen-bond donors (Lipinski definition) is 0. The van der Waals surface area contributed by atoms with Gasteiger partial charge in [-0.2, -0.15) is 0 Å². The fourth-order valence-electron chi connectivity index (χ4n) is 1.69. The zero-order valence-electron chi connectivity index (χ0n) is 9.93. The summed E-state index contributed by atoms with van der Waals surface area (Å²) in [6.07, 6.45) is 1.91. The molecule has 2 aromatic rings. The summed E-state index contributed by atoms with van der Waals surface area (Å²) in [5.41, 5.74) is 2.41. The molecule has 0 amide bonds. The lowest BCUT2D eigenvalue weighted by atomic mass is 10.1. The lowest BCUT2D eigenvalue weighted by Crippen LogP contribution is -1.96. The first-order chi connectivity index (χ1) is 8.40. The lowest BCUT2D eigenvalue weighted by molar-refractivity contribution is 0.312. The van der Waals surface area contributed by atoms with Crippen LogP contribution in [0.4, 0.5) is 0 Å². The van der Waals surface area contributed by atoms with Crippen LogP contribution in [0.3, 0.4) is 0 Å². The smallest absolute Gasteiger partial charge is 0.119 e. The number of hydrogen-bond acceptors (Lipinski definition) is 1. The summed E-state index contributed by atoms with van der Waals surface area (Å²) in [6, 6.07) is 18.5. The van der Waals surface area contributed by atoms with Crippen molar-refractivity contribution < 1.29 is 4.74 Å². The molecule has 1 radical (unpaired) electrons. The minimum absolute atomic E-state index is 0.738. The molecule has 0 bridgehead atoms. The van der Waals surface area contributed by atoms with Crippen LogP contribution >= 0.6 is 0 Å². The Balaban J connectivity index is 2.12. The zero-order chi connectivity index (χ0) is 11.9. The van der Waals surface area contributed by atoms with Crippen molar-refractivity contribution in [2.45, 2.75) is 12.8 Å². The van der Waals surface area contributed by atoms with Crippen LogP contribution in [0.2, 0.25) is 0 Å². The Bertz CT molecular complexity index is 448.